The quantitative estimate of drug-likeness (QED) is 0.0282. The van der Waals surface area contributed by atoms with E-state index in [1.165, 1.54) is 6.92 Å². The van der Waals surface area contributed by atoms with Crippen molar-refractivity contribution in [1.29, 1.82) is 5.26 Å². The van der Waals surface area contributed by atoms with E-state index in [0.717, 1.165) is 30.5 Å². The van der Waals surface area contributed by atoms with E-state index in [1.807, 2.05) is 78.9 Å². The average Bonchev–Trinajstić information content (AvgIpc) is 3.37. The van der Waals surface area contributed by atoms with Crippen LogP contribution in [0.15, 0.2) is 78.9 Å². The third kappa shape index (κ3) is 19.4. The maximum absolute atomic E-state index is 13.0. The lowest BCUT2D eigenvalue weighted by molar-refractivity contribution is -0.271. The first-order chi connectivity index (χ1) is 35.9. The van der Waals surface area contributed by atoms with Gasteiger partial charge in [-0.1, -0.05) is 54.6 Å². The number of nitrogens with zero attached hydrogens (tertiary/aromatic N) is 2. The summed E-state index contributed by atoms with van der Waals surface area (Å²) >= 11 is 0. The molecule has 3 N–H and O–H groups in total. The highest BCUT2D eigenvalue weighted by Crippen LogP contribution is 2.48. The van der Waals surface area contributed by atoms with Gasteiger partial charge in [-0.15, -0.1) is 0 Å². The average molecular weight is 1070 g/mol. The number of esters is 2. The van der Waals surface area contributed by atoms with Gasteiger partial charge in [-0.05, 0) is 75.1 Å². The van der Waals surface area contributed by atoms with Crippen LogP contribution >= 0.6 is 8.53 Å². The fourth-order valence-electron chi connectivity index (χ4n) is 8.33. The Kier molecular flexibility index (Phi) is 26.3. The lowest BCUT2D eigenvalue weighted by Crippen LogP contribution is -2.66. The van der Waals surface area contributed by atoms with Crippen molar-refractivity contribution < 1.29 is 80.8 Å². The molecule has 1 unspecified atom stereocenters. The first-order valence-corrected chi connectivity index (χ1v) is 25.8. The molecule has 412 valence electrons. The molecule has 1 aliphatic heterocycles. The smallest absolute Gasteiger partial charge is 0.303 e. The summed E-state index contributed by atoms with van der Waals surface area (Å²) in [6.07, 6.45) is -6.32. The Morgan fingerprint density at radius 2 is 1.35 bits per heavy atom. The van der Waals surface area contributed by atoms with Crippen molar-refractivity contribution in [2.45, 2.75) is 122 Å². The summed E-state index contributed by atoms with van der Waals surface area (Å²) in [6.45, 7) is 11.7. The van der Waals surface area contributed by atoms with Gasteiger partial charge in [0.05, 0.1) is 66.4 Å². The second-order valence-electron chi connectivity index (χ2n) is 17.8. The van der Waals surface area contributed by atoms with Crippen molar-refractivity contribution in [2.75, 3.05) is 67.0 Å². The van der Waals surface area contributed by atoms with Gasteiger partial charge in [0.2, 0.25) is 11.8 Å². The zero-order valence-corrected chi connectivity index (χ0v) is 45.1. The molecule has 7 atom stereocenters. The van der Waals surface area contributed by atoms with Crippen LogP contribution in [0, 0.1) is 11.3 Å². The Balaban J connectivity index is 1.47. The van der Waals surface area contributed by atoms with Crippen LogP contribution in [0.3, 0.4) is 0 Å². The molecular formula is C53H73N4O17P. The summed E-state index contributed by atoms with van der Waals surface area (Å²) in [6, 6.07) is 26.2. The van der Waals surface area contributed by atoms with E-state index in [2.05, 4.69) is 49.1 Å². The van der Waals surface area contributed by atoms with Crippen LogP contribution in [0.5, 0.6) is 11.5 Å². The van der Waals surface area contributed by atoms with Crippen LogP contribution in [0.25, 0.3) is 0 Å². The molecule has 1 heterocycles. The van der Waals surface area contributed by atoms with Crippen LogP contribution < -0.4 is 20.1 Å². The van der Waals surface area contributed by atoms with Gasteiger partial charge >= 0.3 is 17.9 Å². The number of methoxy groups -OCH3 is 2. The van der Waals surface area contributed by atoms with Crippen molar-refractivity contribution in [3.8, 4) is 17.6 Å². The Labute approximate surface area is 440 Å². The molecule has 3 aromatic carbocycles. The number of carbonyl (C=O) groups excluding carboxylic acids is 4. The van der Waals surface area contributed by atoms with Crippen molar-refractivity contribution >= 4 is 38.2 Å². The normalized spacial score (nSPS) is 18.4. The molecule has 0 spiro atoms. The third-order valence-electron chi connectivity index (χ3n) is 11.4. The van der Waals surface area contributed by atoms with E-state index in [9.17, 15) is 34.3 Å². The first-order valence-electron chi connectivity index (χ1n) is 24.7. The van der Waals surface area contributed by atoms with Crippen LogP contribution in [-0.2, 0) is 71.8 Å². The number of carboxylic acids is 1. The predicted molar refractivity (Wildman–Crippen MR) is 273 cm³/mol. The summed E-state index contributed by atoms with van der Waals surface area (Å²) in [4.78, 5) is 61.0. The van der Waals surface area contributed by atoms with E-state index < -0.39 is 93.6 Å². The number of amides is 2. The van der Waals surface area contributed by atoms with Gasteiger partial charge in [-0.25, -0.2) is 4.67 Å². The zero-order chi connectivity index (χ0) is 54.9. The fraction of sp³-hybridized carbons (Fsp3) is 0.547. The van der Waals surface area contributed by atoms with Crippen LogP contribution in [0.2, 0.25) is 0 Å². The van der Waals surface area contributed by atoms with Gasteiger partial charge in [0.25, 0.3) is 8.53 Å². The molecule has 0 bridgehead atoms. The summed E-state index contributed by atoms with van der Waals surface area (Å²) in [7, 11) is 1.49. The number of hydrogen-bond acceptors (Lipinski definition) is 18. The molecule has 1 aliphatic rings. The molecule has 2 amide bonds. The number of aliphatic carboxylic acids is 1. The number of carbonyl (C=O) groups is 5. The minimum absolute atomic E-state index is 0.0179. The molecule has 0 radical (unpaired) electrons. The van der Waals surface area contributed by atoms with Crippen LogP contribution in [0.1, 0.15) is 84.4 Å². The molecule has 4 rings (SSSR count). The maximum Gasteiger partial charge on any atom is 0.303 e. The molecule has 0 saturated carbocycles. The van der Waals surface area contributed by atoms with Crippen molar-refractivity contribution in [3.63, 3.8) is 0 Å². The Hall–Kier alpha value is -5.79. The van der Waals surface area contributed by atoms with Crippen molar-refractivity contribution in [3.05, 3.63) is 95.6 Å². The highest BCUT2D eigenvalue weighted by molar-refractivity contribution is 7.44. The van der Waals surface area contributed by atoms with E-state index in [4.69, 9.17) is 51.7 Å². The number of hydrogen-bond donors (Lipinski definition) is 3. The maximum atomic E-state index is 13.0. The fourth-order valence-corrected chi connectivity index (χ4v) is 10.0. The first kappa shape index (κ1) is 61.8. The van der Waals surface area contributed by atoms with Gasteiger partial charge in [-0.3, -0.25) is 24.0 Å². The van der Waals surface area contributed by atoms with Gasteiger partial charge in [0.1, 0.15) is 42.0 Å². The highest BCUT2D eigenvalue weighted by Gasteiger charge is 2.51. The molecular weight excluding hydrogens is 996 g/mol. The second-order valence-corrected chi connectivity index (χ2v) is 19.2. The van der Waals surface area contributed by atoms with E-state index in [-0.39, 0.29) is 71.1 Å². The Bertz CT molecular complexity index is 2210. The third-order valence-corrected chi connectivity index (χ3v) is 13.6. The topological polar surface area (TPSA) is 258 Å². The van der Waals surface area contributed by atoms with Gasteiger partial charge in [0.15, 0.2) is 18.5 Å². The molecule has 0 aromatic heterocycles. The van der Waals surface area contributed by atoms with Crippen molar-refractivity contribution in [1.82, 2.24) is 15.3 Å². The van der Waals surface area contributed by atoms with Gasteiger partial charge in [0, 0.05) is 45.8 Å². The number of nitrogens with one attached hydrogen (secondary N) is 2. The van der Waals surface area contributed by atoms with Gasteiger partial charge in [-0.2, -0.15) is 5.26 Å². The summed E-state index contributed by atoms with van der Waals surface area (Å²) < 4.78 is 68.3. The second kappa shape index (κ2) is 31.9. The summed E-state index contributed by atoms with van der Waals surface area (Å²) in [5.41, 5.74) is 1.34. The molecule has 3 aromatic rings. The highest BCUT2D eigenvalue weighted by atomic mass is 31.2. The van der Waals surface area contributed by atoms with Crippen LogP contribution in [0.4, 0.5) is 0 Å². The monoisotopic (exact) mass is 1070 g/mol. The minimum atomic E-state index is -1.73. The molecule has 75 heavy (non-hydrogen) atoms. The van der Waals surface area contributed by atoms with E-state index in [0.29, 0.717) is 11.5 Å². The summed E-state index contributed by atoms with van der Waals surface area (Å²) in [5, 5.41) is 24.0. The van der Waals surface area contributed by atoms with Crippen molar-refractivity contribution in [2.24, 2.45) is 0 Å². The molecule has 21 nitrogen and oxygen atoms in total. The molecule has 1 saturated heterocycles. The SMILES string of the molecule is COc1ccc(C(OC[C@H](COCCOCCNC(=O)CO[C@@H]2O[C@H](CCC(=O)O)[C@@H](OC(C)=O)[C@H](OC(C)=O)[C@H]2NC(C)=O)OP(OCCC#N)N(C(C)C)C(C)C)(c2ccccc2)c2ccc(OC)cc2)cc1. The van der Waals surface area contributed by atoms with E-state index in [1.54, 1.807) is 14.2 Å². The number of ether oxygens (including phenoxy) is 9. The summed E-state index contributed by atoms with van der Waals surface area (Å²) in [5.74, 6) is -2.52. The lowest BCUT2D eigenvalue weighted by atomic mass is 9.80. The van der Waals surface area contributed by atoms with Gasteiger partial charge < -0.3 is 67.4 Å². The number of benzene rings is 3. The Morgan fingerprint density at radius 1 is 0.773 bits per heavy atom. The Morgan fingerprint density at radius 3 is 1.88 bits per heavy atom. The number of nitriles is 1. The largest absolute Gasteiger partial charge is 0.497 e. The zero-order valence-electron chi connectivity index (χ0n) is 44.2. The molecule has 1 fully saturated rings. The number of carboxylic acid groups (broad SMARTS) is 1. The molecule has 22 heteroatoms. The minimum Gasteiger partial charge on any atom is -0.497 e. The standard InChI is InChI=1S/C53H73N4O17P/c1-35(2)57(36(3)4)75(70-28-13-26-54)74-45(33-69-53(40-14-11-10-12-15-40,41-16-20-43(64-8)21-17-41)42-18-22-44(65-9)23-19-42)32-67-31-30-66-29-27-55-47(61)34-68-52-49(56-37(5)58)51(72-39(7)60)50(71-38(6)59)46(73-52)24-25-48(62)63/h10-12,14-23,35-36,45-46,49-52H,13,24-25,27-34H2,1-9H3,(H,55,61)(H,56,58)(H,62,63)/t45-,46+,49+,50+,51+,52+,75?/m0/s1. The number of rotatable bonds is 33. The molecule has 0 aliphatic carbocycles. The lowest BCUT2D eigenvalue weighted by Gasteiger charge is -2.45. The van der Waals surface area contributed by atoms with E-state index >= 15 is 0 Å². The van der Waals surface area contributed by atoms with Crippen LogP contribution in [-0.4, -0.2) is 155 Å². The predicted octanol–water partition coefficient (Wildman–Crippen LogP) is 5.80.